The third kappa shape index (κ3) is 3.39. The van der Waals surface area contributed by atoms with E-state index in [9.17, 15) is 0 Å². The maximum absolute atomic E-state index is 5.61. The van der Waals surface area contributed by atoms with Crippen LogP contribution < -0.4 is 19.9 Å². The Hall–Kier alpha value is -1.68. The molecule has 0 amide bonds. The van der Waals surface area contributed by atoms with Crippen molar-refractivity contribution >= 4 is 0 Å². The predicted molar refractivity (Wildman–Crippen MR) is 67.7 cm³/mol. The van der Waals surface area contributed by atoms with Gasteiger partial charge in [-0.3, -0.25) is 0 Å². The van der Waals surface area contributed by atoms with Crippen molar-refractivity contribution < 1.29 is 14.2 Å². The molecular formula is C13H19NO3. The lowest BCUT2D eigenvalue weighted by Crippen LogP contribution is -2.03. The second-order valence-corrected chi connectivity index (χ2v) is 3.41. The fraction of sp³-hybridized carbons (Fsp3) is 0.385. The number of methoxy groups -OCH3 is 2. The summed E-state index contributed by atoms with van der Waals surface area (Å²) in [6.45, 7) is 2.85. The van der Waals surface area contributed by atoms with Crippen LogP contribution in [0.3, 0.4) is 0 Å². The average Bonchev–Trinajstić information content (AvgIpc) is 2.38. The number of nitrogens with two attached hydrogens (primary N) is 1. The van der Waals surface area contributed by atoms with Crippen LogP contribution in [0.5, 0.6) is 17.2 Å². The summed E-state index contributed by atoms with van der Waals surface area (Å²) in [5.41, 5.74) is 6.55. The molecule has 0 bridgehead atoms. The molecule has 0 aliphatic heterocycles. The molecule has 0 heterocycles. The zero-order valence-corrected chi connectivity index (χ0v) is 10.5. The Balaban J connectivity index is 3.06. The lowest BCUT2D eigenvalue weighted by Gasteiger charge is -2.14. The first-order chi connectivity index (χ1) is 8.26. The Kier molecular flexibility index (Phi) is 5.36. The molecule has 1 aromatic rings. The first kappa shape index (κ1) is 13.4. The molecule has 2 N–H and O–H groups in total. The smallest absolute Gasteiger partial charge is 0.203 e. The lowest BCUT2D eigenvalue weighted by atomic mass is 10.2. The van der Waals surface area contributed by atoms with Gasteiger partial charge >= 0.3 is 0 Å². The third-order valence-corrected chi connectivity index (χ3v) is 2.32. The predicted octanol–water partition coefficient (Wildman–Crippen LogP) is 2.12. The van der Waals surface area contributed by atoms with Crippen LogP contribution >= 0.6 is 0 Å². The van der Waals surface area contributed by atoms with Crippen LogP contribution in [0.25, 0.3) is 0 Å². The molecule has 17 heavy (non-hydrogen) atoms. The monoisotopic (exact) mass is 237 g/mol. The molecule has 4 nitrogen and oxygen atoms in total. The van der Waals surface area contributed by atoms with Gasteiger partial charge in [0, 0.05) is 6.54 Å². The van der Waals surface area contributed by atoms with Gasteiger partial charge in [-0.25, -0.2) is 0 Å². The number of allylic oxidation sites excluding steroid dienone is 1. The lowest BCUT2D eigenvalue weighted by molar-refractivity contribution is 0.300. The van der Waals surface area contributed by atoms with E-state index >= 15 is 0 Å². The number of hydrogen-bond acceptors (Lipinski definition) is 4. The van der Waals surface area contributed by atoms with Gasteiger partial charge in [-0.15, -0.1) is 0 Å². The molecule has 0 radical (unpaired) electrons. The summed E-state index contributed by atoms with van der Waals surface area (Å²) in [5.74, 6) is 1.87. The normalized spacial score (nSPS) is 10.6. The quantitative estimate of drug-likeness (QED) is 0.770. The highest BCUT2D eigenvalue weighted by atomic mass is 16.5. The van der Waals surface area contributed by atoms with Gasteiger partial charge in [0.15, 0.2) is 11.5 Å². The standard InChI is InChI=1S/C13H19NO3/c1-4-5-6-17-13-11(15-2)7-10(9-14)8-12(13)16-3/h4-5,7-8H,6,9,14H2,1-3H3/b5-4+. The molecule has 0 fully saturated rings. The van der Waals surface area contributed by atoms with Gasteiger partial charge in [0.05, 0.1) is 14.2 Å². The molecule has 1 rings (SSSR count). The molecule has 94 valence electrons. The van der Waals surface area contributed by atoms with Crippen molar-refractivity contribution in [1.82, 2.24) is 0 Å². The van der Waals surface area contributed by atoms with Crippen LogP contribution in [0.4, 0.5) is 0 Å². The Bertz CT molecular complexity index is 363. The van der Waals surface area contributed by atoms with E-state index in [0.717, 1.165) is 5.56 Å². The Morgan fingerprint density at radius 1 is 1.18 bits per heavy atom. The molecule has 0 spiro atoms. The number of ether oxygens (including phenoxy) is 3. The van der Waals surface area contributed by atoms with Gasteiger partial charge in [0.25, 0.3) is 0 Å². The Morgan fingerprint density at radius 3 is 2.18 bits per heavy atom. The maximum Gasteiger partial charge on any atom is 0.203 e. The van der Waals surface area contributed by atoms with Crippen molar-refractivity contribution in [3.05, 3.63) is 29.8 Å². The van der Waals surface area contributed by atoms with Gasteiger partial charge in [-0.05, 0) is 24.6 Å². The van der Waals surface area contributed by atoms with E-state index in [-0.39, 0.29) is 0 Å². The van der Waals surface area contributed by atoms with E-state index in [0.29, 0.717) is 30.4 Å². The van der Waals surface area contributed by atoms with Gasteiger partial charge in [0.2, 0.25) is 5.75 Å². The van der Waals surface area contributed by atoms with Crippen molar-refractivity contribution in [3.63, 3.8) is 0 Å². The molecule has 0 aromatic heterocycles. The molecule has 1 aromatic carbocycles. The molecule has 0 atom stereocenters. The fourth-order valence-electron chi connectivity index (χ4n) is 1.42. The Labute approximate surface area is 102 Å². The highest BCUT2D eigenvalue weighted by Gasteiger charge is 2.13. The highest BCUT2D eigenvalue weighted by Crippen LogP contribution is 2.38. The van der Waals surface area contributed by atoms with E-state index in [1.165, 1.54) is 0 Å². The van der Waals surface area contributed by atoms with Crippen LogP contribution in [0.15, 0.2) is 24.3 Å². The minimum Gasteiger partial charge on any atom is -0.493 e. The molecule has 0 aliphatic rings. The summed E-state index contributed by atoms with van der Waals surface area (Å²) in [6, 6.07) is 3.71. The van der Waals surface area contributed by atoms with E-state index < -0.39 is 0 Å². The summed E-state index contributed by atoms with van der Waals surface area (Å²) in [7, 11) is 3.19. The highest BCUT2D eigenvalue weighted by molar-refractivity contribution is 5.53. The summed E-state index contributed by atoms with van der Waals surface area (Å²) in [5, 5.41) is 0. The topological polar surface area (TPSA) is 53.7 Å². The summed E-state index contributed by atoms with van der Waals surface area (Å²) in [4.78, 5) is 0. The molecular weight excluding hydrogens is 218 g/mol. The fourth-order valence-corrected chi connectivity index (χ4v) is 1.42. The minimum atomic E-state index is 0.432. The van der Waals surface area contributed by atoms with Crippen LogP contribution in [0.2, 0.25) is 0 Å². The van der Waals surface area contributed by atoms with E-state index in [2.05, 4.69) is 0 Å². The number of rotatable bonds is 6. The SMILES string of the molecule is C/C=C/COc1c(OC)cc(CN)cc1OC. The summed E-state index contributed by atoms with van der Waals surface area (Å²) < 4.78 is 16.2. The van der Waals surface area contributed by atoms with Gasteiger partial charge < -0.3 is 19.9 Å². The minimum absolute atomic E-state index is 0.432. The summed E-state index contributed by atoms with van der Waals surface area (Å²) >= 11 is 0. The van der Waals surface area contributed by atoms with Crippen molar-refractivity contribution in [1.29, 1.82) is 0 Å². The number of benzene rings is 1. The van der Waals surface area contributed by atoms with E-state index in [4.69, 9.17) is 19.9 Å². The first-order valence-corrected chi connectivity index (χ1v) is 5.45. The summed E-state index contributed by atoms with van der Waals surface area (Å²) in [6.07, 6.45) is 3.84. The second-order valence-electron chi connectivity index (χ2n) is 3.41. The molecule has 4 heteroatoms. The molecule has 0 saturated carbocycles. The second kappa shape index (κ2) is 6.81. The molecule has 0 aliphatic carbocycles. The zero-order chi connectivity index (χ0) is 12.7. The van der Waals surface area contributed by atoms with Gasteiger partial charge in [0.1, 0.15) is 6.61 Å². The Morgan fingerprint density at radius 2 is 1.76 bits per heavy atom. The maximum atomic E-state index is 5.61. The zero-order valence-electron chi connectivity index (χ0n) is 10.5. The largest absolute Gasteiger partial charge is 0.493 e. The van der Waals surface area contributed by atoms with E-state index in [1.54, 1.807) is 14.2 Å². The molecule has 0 saturated heterocycles. The third-order valence-electron chi connectivity index (χ3n) is 2.32. The van der Waals surface area contributed by atoms with Crippen LogP contribution in [-0.4, -0.2) is 20.8 Å². The van der Waals surface area contributed by atoms with Crippen LogP contribution in [0.1, 0.15) is 12.5 Å². The average molecular weight is 237 g/mol. The van der Waals surface area contributed by atoms with Crippen LogP contribution in [0, 0.1) is 0 Å². The first-order valence-electron chi connectivity index (χ1n) is 5.45. The van der Waals surface area contributed by atoms with Crippen molar-refractivity contribution in [2.24, 2.45) is 5.73 Å². The van der Waals surface area contributed by atoms with Crippen molar-refractivity contribution in [2.45, 2.75) is 13.5 Å². The van der Waals surface area contributed by atoms with E-state index in [1.807, 2.05) is 31.2 Å². The van der Waals surface area contributed by atoms with Gasteiger partial charge in [-0.2, -0.15) is 0 Å². The number of hydrogen-bond donors (Lipinski definition) is 1. The molecule has 0 unspecified atom stereocenters. The van der Waals surface area contributed by atoms with Gasteiger partial charge in [-0.1, -0.05) is 12.2 Å². The van der Waals surface area contributed by atoms with Crippen molar-refractivity contribution in [2.75, 3.05) is 20.8 Å². The van der Waals surface area contributed by atoms with Crippen molar-refractivity contribution in [3.8, 4) is 17.2 Å². The van der Waals surface area contributed by atoms with Crippen LogP contribution in [-0.2, 0) is 6.54 Å².